The van der Waals surface area contributed by atoms with Crippen molar-refractivity contribution in [1.82, 2.24) is 0 Å². The van der Waals surface area contributed by atoms with E-state index in [4.69, 9.17) is 0 Å². The zero-order valence-electron chi connectivity index (χ0n) is 23.4. The second kappa shape index (κ2) is 10.3. The Kier molecular flexibility index (Phi) is 6.86. The van der Waals surface area contributed by atoms with Crippen LogP contribution in [0.2, 0.25) is 8.26 Å². The van der Waals surface area contributed by atoms with Gasteiger partial charge >= 0.3 is 242 Å². The summed E-state index contributed by atoms with van der Waals surface area (Å²) in [6.45, 7) is 2.44. The third-order valence-electron chi connectivity index (χ3n) is 10.1. The van der Waals surface area contributed by atoms with Gasteiger partial charge in [-0.25, -0.2) is 0 Å². The van der Waals surface area contributed by atoms with E-state index in [1.165, 1.54) is 57.6 Å². The largest absolute Gasteiger partial charge is 1.00 e. The minimum Gasteiger partial charge on any atom is -1.00 e. The predicted octanol–water partition coefficient (Wildman–Crippen LogP) is 4.90. The zero-order chi connectivity index (χ0) is 26.4. The Bertz CT molecular complexity index is 2010. The molecule has 1 aliphatic heterocycles. The van der Waals surface area contributed by atoms with Gasteiger partial charge in [0.25, 0.3) is 0 Å². The fourth-order valence-corrected chi connectivity index (χ4v) is 25.9. The molecule has 1 fully saturated rings. The van der Waals surface area contributed by atoms with Crippen LogP contribution >= 0.6 is 0 Å². The third kappa shape index (κ3) is 3.83. The monoisotopic (exact) mass is 658 g/mol. The summed E-state index contributed by atoms with van der Waals surface area (Å²) in [4.78, 5) is 0. The molecular weight excluding hydrogens is 631 g/mol. The van der Waals surface area contributed by atoms with Crippen molar-refractivity contribution in [2.45, 2.75) is 22.4 Å². The number of hydrogen-bond donors (Lipinski definition) is 0. The fourth-order valence-electron chi connectivity index (χ4n) is 8.49. The van der Waals surface area contributed by atoms with Gasteiger partial charge in [0.05, 0.1) is 0 Å². The van der Waals surface area contributed by atoms with E-state index in [9.17, 15) is 0 Å². The first-order valence-corrected chi connectivity index (χ1v) is 21.0. The van der Waals surface area contributed by atoms with Crippen molar-refractivity contribution in [2.75, 3.05) is 0 Å². The van der Waals surface area contributed by atoms with Crippen molar-refractivity contribution < 1.29 is 45.1 Å². The Balaban J connectivity index is 0.00000144. The number of rotatable bonds is 3. The zero-order valence-corrected chi connectivity index (χ0v) is 27.4. The van der Waals surface area contributed by atoms with E-state index in [2.05, 4.69) is 134 Å². The molecule has 0 saturated carbocycles. The van der Waals surface area contributed by atoms with Crippen LogP contribution in [0, 0.1) is 0 Å². The van der Waals surface area contributed by atoms with Crippen molar-refractivity contribution in [3.05, 3.63) is 149 Å². The number of hydrogen-bond acceptors (Lipinski definition) is 0. The molecule has 3 aliphatic rings. The molecule has 1 atom stereocenters. The smallest absolute Gasteiger partial charge is 1.00 e. The maximum Gasteiger partial charge on any atom is -1.00 e. The summed E-state index contributed by atoms with van der Waals surface area (Å²) in [5, 5.41) is 5.36. The SMILES string of the molecule is CC1=Cc2c(-c3cc4ccccc4c4ccccc34)cccc2[CH]1[Zr+2]1([CH]2c3ccccc3-c3ccccc32)[CH2][CH2]1.[Cl-].[Cl-]. The molecule has 0 spiro atoms. The van der Waals surface area contributed by atoms with Gasteiger partial charge in [-0.1, -0.05) is 0 Å². The molecule has 0 nitrogen and oxygen atoms in total. The Hall–Kier alpha value is -2.96. The van der Waals surface area contributed by atoms with Crippen molar-refractivity contribution in [2.24, 2.45) is 0 Å². The molecule has 9 rings (SSSR count). The Morgan fingerprint density at radius 2 is 1.05 bits per heavy atom. The van der Waals surface area contributed by atoms with E-state index >= 15 is 0 Å². The van der Waals surface area contributed by atoms with Gasteiger partial charge in [-0.05, 0) is 0 Å². The molecule has 204 valence electrons. The molecule has 0 aromatic heterocycles. The van der Waals surface area contributed by atoms with Crippen LogP contribution in [0.25, 0.3) is 49.9 Å². The molecule has 6 aromatic rings. The molecule has 0 radical (unpaired) electrons. The normalized spacial score (nSPS) is 16.8. The molecule has 0 N–H and O–H groups in total. The van der Waals surface area contributed by atoms with Crippen molar-refractivity contribution >= 4 is 27.6 Å². The minimum atomic E-state index is -2.68. The predicted molar refractivity (Wildman–Crippen MR) is 167 cm³/mol. The van der Waals surface area contributed by atoms with Gasteiger partial charge in [0, 0.05) is 0 Å². The summed E-state index contributed by atoms with van der Waals surface area (Å²) in [5.74, 6) is 0. The summed E-state index contributed by atoms with van der Waals surface area (Å²) in [6.07, 6.45) is 2.57. The van der Waals surface area contributed by atoms with Gasteiger partial charge in [0.15, 0.2) is 0 Å². The Morgan fingerprint density at radius 3 is 1.74 bits per heavy atom. The summed E-state index contributed by atoms with van der Waals surface area (Å²) >= 11 is -2.68. The van der Waals surface area contributed by atoms with Crippen LogP contribution in [0.1, 0.15) is 36.4 Å². The standard InChI is InChI=1S/C24H17.C13H9.C2H4.2ClH.Zr/c1-16-13-17-8-6-12-22(23(17)14-16)24-15-18-7-2-3-9-19(18)20-10-4-5-11-21(20)24;1-3-7-12-10(5-1)9-11-6-2-4-8-13(11)12;1-2;;;/h2-15H,1H3;1-9H;1-2H2;2*1H;/q;;;;;+2/p-2. The molecule has 0 bridgehead atoms. The van der Waals surface area contributed by atoms with Gasteiger partial charge < -0.3 is 24.8 Å². The molecular formula is C39H30Cl2Zr. The number of fused-ring (bicyclic) bond motifs is 7. The third-order valence-corrected chi connectivity index (χ3v) is 23.3. The van der Waals surface area contributed by atoms with E-state index in [1.54, 1.807) is 22.3 Å². The topological polar surface area (TPSA) is 0 Å². The second-order valence-corrected chi connectivity index (χ2v) is 23.5. The van der Waals surface area contributed by atoms with E-state index in [0.717, 1.165) is 0 Å². The van der Waals surface area contributed by atoms with Gasteiger partial charge in [-0.3, -0.25) is 0 Å². The fraction of sp³-hybridized carbons (Fsp3) is 0.128. The molecule has 0 amide bonds. The Labute approximate surface area is 264 Å². The average Bonchev–Trinajstić information content (AvgIpc) is 3.59. The molecule has 2 aliphatic carbocycles. The molecule has 1 heterocycles. The summed E-state index contributed by atoms with van der Waals surface area (Å²) in [7, 11) is 0. The second-order valence-electron chi connectivity index (χ2n) is 12.2. The number of halogens is 2. The van der Waals surface area contributed by atoms with Crippen molar-refractivity contribution in [1.29, 1.82) is 0 Å². The van der Waals surface area contributed by atoms with Crippen LogP contribution in [0.4, 0.5) is 0 Å². The van der Waals surface area contributed by atoms with Crippen LogP contribution < -0.4 is 24.8 Å². The van der Waals surface area contributed by atoms with E-state index in [0.29, 0.717) is 7.25 Å². The molecule has 1 unspecified atom stereocenters. The molecule has 1 saturated heterocycles. The summed E-state index contributed by atoms with van der Waals surface area (Å²) in [5.41, 5.74) is 13.7. The van der Waals surface area contributed by atoms with E-state index in [-0.39, 0.29) is 24.8 Å². The summed E-state index contributed by atoms with van der Waals surface area (Å²) in [6, 6.07) is 46.1. The summed E-state index contributed by atoms with van der Waals surface area (Å²) < 4.78 is 4.28. The number of benzene rings is 6. The maximum atomic E-state index is 2.57. The van der Waals surface area contributed by atoms with Gasteiger partial charge in [0.2, 0.25) is 0 Å². The first-order valence-electron chi connectivity index (χ1n) is 14.6. The first kappa shape index (κ1) is 27.9. The van der Waals surface area contributed by atoms with Crippen LogP contribution in [-0.4, -0.2) is 0 Å². The quantitative estimate of drug-likeness (QED) is 0.237. The average molecular weight is 661 g/mol. The van der Waals surface area contributed by atoms with Gasteiger partial charge in [-0.15, -0.1) is 0 Å². The van der Waals surface area contributed by atoms with Crippen LogP contribution in [0.5, 0.6) is 0 Å². The molecule has 3 heteroatoms. The van der Waals surface area contributed by atoms with Crippen LogP contribution in [0.15, 0.2) is 127 Å². The molecule has 42 heavy (non-hydrogen) atoms. The van der Waals surface area contributed by atoms with Crippen LogP contribution in [-0.2, 0) is 20.3 Å². The first-order chi connectivity index (χ1) is 19.7. The van der Waals surface area contributed by atoms with Crippen LogP contribution in [0.3, 0.4) is 0 Å². The number of allylic oxidation sites excluding steroid dienone is 1. The van der Waals surface area contributed by atoms with E-state index in [1.807, 2.05) is 0 Å². The van der Waals surface area contributed by atoms with Gasteiger partial charge in [0.1, 0.15) is 0 Å². The molecule has 6 aromatic carbocycles. The van der Waals surface area contributed by atoms with Crippen molar-refractivity contribution in [3.8, 4) is 22.3 Å². The van der Waals surface area contributed by atoms with Gasteiger partial charge in [-0.2, -0.15) is 0 Å². The Morgan fingerprint density at radius 1 is 0.500 bits per heavy atom. The minimum absolute atomic E-state index is 0. The van der Waals surface area contributed by atoms with E-state index < -0.39 is 20.3 Å². The van der Waals surface area contributed by atoms with Crippen molar-refractivity contribution in [3.63, 3.8) is 0 Å². The maximum absolute atomic E-state index is 2.68.